The predicted octanol–water partition coefficient (Wildman–Crippen LogP) is 4.29. The molecule has 1 saturated heterocycles. The second kappa shape index (κ2) is 8.74. The number of nitrogens with zero attached hydrogens (tertiary/aromatic N) is 3. The molecule has 6 nitrogen and oxygen atoms in total. The molecule has 1 aliphatic rings. The van der Waals surface area contributed by atoms with Crippen molar-refractivity contribution in [2.75, 3.05) is 37.6 Å². The van der Waals surface area contributed by atoms with Gasteiger partial charge in [-0.3, -0.25) is 9.69 Å². The van der Waals surface area contributed by atoms with Crippen molar-refractivity contribution >= 4 is 22.7 Å². The van der Waals surface area contributed by atoms with Crippen LogP contribution >= 0.6 is 0 Å². The van der Waals surface area contributed by atoms with Gasteiger partial charge in [-0.25, -0.2) is 4.98 Å². The summed E-state index contributed by atoms with van der Waals surface area (Å²) in [5.41, 5.74) is 2.25. The van der Waals surface area contributed by atoms with Crippen LogP contribution in [0.5, 0.6) is 0 Å². The van der Waals surface area contributed by atoms with E-state index in [1.54, 1.807) is 4.90 Å². The zero-order valence-corrected chi connectivity index (χ0v) is 17.3. The molecule has 166 valence electrons. The highest BCUT2D eigenvalue weighted by Gasteiger charge is 2.32. The fourth-order valence-electron chi connectivity index (χ4n) is 4.06. The molecule has 1 N–H and O–H groups in total. The lowest BCUT2D eigenvalue weighted by Crippen LogP contribution is -2.49. The quantitative estimate of drug-likeness (QED) is 0.562. The lowest BCUT2D eigenvalue weighted by atomic mass is 9.95. The molecule has 0 bridgehead atoms. The molecule has 0 saturated carbocycles. The number of H-pyrrole nitrogens is 1. The van der Waals surface area contributed by atoms with E-state index >= 15 is 0 Å². The maximum atomic E-state index is 12.7. The van der Waals surface area contributed by atoms with Crippen molar-refractivity contribution in [1.29, 1.82) is 0 Å². The minimum Gasteiger partial charge on any atom is -0.420 e. The Morgan fingerprint density at radius 1 is 1.23 bits per heavy atom. The number of hydrogen-bond donors (Lipinski definition) is 1. The number of ketones is 1. The summed E-state index contributed by atoms with van der Waals surface area (Å²) >= 11 is 0. The normalized spacial score (nSPS) is 16.7. The topological polar surface area (TPSA) is 65.4 Å². The van der Waals surface area contributed by atoms with Gasteiger partial charge in [0.1, 0.15) is 0 Å². The van der Waals surface area contributed by atoms with Crippen molar-refractivity contribution in [3.8, 4) is 0 Å². The van der Waals surface area contributed by atoms with Crippen LogP contribution < -0.4 is 4.90 Å². The average Bonchev–Trinajstić information content (AvgIpc) is 3.35. The number of carbonyl (C=O) groups is 1. The number of benzene rings is 1. The molecule has 1 aliphatic heterocycles. The fourth-order valence-corrected chi connectivity index (χ4v) is 4.06. The Hall–Kier alpha value is -2.81. The van der Waals surface area contributed by atoms with E-state index in [4.69, 9.17) is 4.42 Å². The number of aromatic nitrogens is 2. The average molecular weight is 434 g/mol. The number of piperazine rings is 1. The van der Waals surface area contributed by atoms with Crippen molar-refractivity contribution < 1.29 is 22.4 Å². The first-order valence-corrected chi connectivity index (χ1v) is 10.4. The Balaban J connectivity index is 1.31. The Kier molecular flexibility index (Phi) is 6.04. The van der Waals surface area contributed by atoms with E-state index in [9.17, 15) is 18.0 Å². The van der Waals surface area contributed by atoms with Crippen LogP contribution in [0.4, 0.5) is 19.2 Å². The zero-order valence-electron chi connectivity index (χ0n) is 17.3. The van der Waals surface area contributed by atoms with Gasteiger partial charge in [0, 0.05) is 49.7 Å². The molecule has 1 atom stereocenters. The predicted molar refractivity (Wildman–Crippen MR) is 111 cm³/mol. The van der Waals surface area contributed by atoms with Crippen LogP contribution in [-0.4, -0.2) is 59.6 Å². The highest BCUT2D eigenvalue weighted by Crippen LogP contribution is 2.24. The molecule has 1 aromatic carbocycles. The number of carbonyl (C=O) groups excluding carboxylic acids is 1. The van der Waals surface area contributed by atoms with Gasteiger partial charge in [0.15, 0.2) is 11.5 Å². The van der Waals surface area contributed by atoms with Gasteiger partial charge in [0.2, 0.25) is 0 Å². The van der Waals surface area contributed by atoms with Gasteiger partial charge in [-0.2, -0.15) is 13.2 Å². The van der Waals surface area contributed by atoms with Gasteiger partial charge < -0.3 is 14.3 Å². The third-order valence-corrected chi connectivity index (χ3v) is 5.59. The zero-order chi connectivity index (χ0) is 22.0. The number of halogens is 3. The molecule has 1 unspecified atom stereocenters. The van der Waals surface area contributed by atoms with Gasteiger partial charge in [0.05, 0.1) is 12.7 Å². The van der Waals surface area contributed by atoms with Crippen LogP contribution in [-0.2, 0) is 6.42 Å². The molecule has 4 rings (SSSR count). The summed E-state index contributed by atoms with van der Waals surface area (Å²) < 4.78 is 43.2. The van der Waals surface area contributed by atoms with Crippen molar-refractivity contribution in [2.45, 2.75) is 25.9 Å². The van der Waals surface area contributed by atoms with E-state index < -0.39 is 12.7 Å². The molecule has 0 spiro atoms. The van der Waals surface area contributed by atoms with Crippen molar-refractivity contribution in [3.05, 3.63) is 48.0 Å². The molecular formula is C22H25F3N4O2. The number of nitrogens with one attached hydrogen (secondary N) is 1. The number of para-hydroxylation sites is 1. The van der Waals surface area contributed by atoms with E-state index in [2.05, 4.69) is 16.0 Å². The summed E-state index contributed by atoms with van der Waals surface area (Å²) in [4.78, 5) is 23.2. The molecule has 9 heteroatoms. The summed E-state index contributed by atoms with van der Waals surface area (Å²) in [6.07, 6.45) is 0.286. The Morgan fingerprint density at radius 3 is 2.71 bits per heavy atom. The second-order valence-corrected chi connectivity index (χ2v) is 8.18. The van der Waals surface area contributed by atoms with E-state index in [1.165, 1.54) is 16.7 Å². The van der Waals surface area contributed by atoms with E-state index in [0.29, 0.717) is 25.5 Å². The van der Waals surface area contributed by atoms with Crippen molar-refractivity contribution in [1.82, 2.24) is 14.9 Å². The van der Waals surface area contributed by atoms with Crippen LogP contribution in [0.15, 0.2) is 41.1 Å². The molecular weight excluding hydrogens is 409 g/mol. The maximum absolute atomic E-state index is 12.7. The SMILES string of the molecule is CC(CC(=O)c1cnc(N2CCN(CC(F)(F)F)CC2)o1)Cc1c[nH]c2ccccc12. The van der Waals surface area contributed by atoms with E-state index in [0.717, 1.165) is 17.3 Å². The summed E-state index contributed by atoms with van der Waals surface area (Å²) in [5, 5.41) is 1.16. The first-order valence-electron chi connectivity index (χ1n) is 10.4. The Bertz CT molecular complexity index is 1030. The van der Waals surface area contributed by atoms with E-state index in [-0.39, 0.29) is 30.6 Å². The second-order valence-electron chi connectivity index (χ2n) is 8.18. The van der Waals surface area contributed by atoms with Crippen LogP contribution in [0.1, 0.15) is 29.5 Å². The Morgan fingerprint density at radius 2 is 1.97 bits per heavy atom. The number of anilines is 1. The standard InChI is InChI=1S/C22H25F3N4O2/c1-15(10-16-12-26-18-5-3-2-4-17(16)18)11-19(30)20-13-27-21(31-20)29-8-6-28(7-9-29)14-22(23,24)25/h2-5,12-13,15,26H,6-11,14H2,1H3. The van der Waals surface area contributed by atoms with Crippen molar-refractivity contribution in [3.63, 3.8) is 0 Å². The number of oxazole rings is 1. The largest absolute Gasteiger partial charge is 0.420 e. The fraction of sp³-hybridized carbons (Fsp3) is 0.455. The molecule has 0 amide bonds. The Labute approximate surface area is 178 Å². The van der Waals surface area contributed by atoms with Crippen molar-refractivity contribution in [2.24, 2.45) is 5.92 Å². The third kappa shape index (κ3) is 5.28. The number of aromatic amines is 1. The first-order chi connectivity index (χ1) is 14.8. The molecule has 0 radical (unpaired) electrons. The smallest absolute Gasteiger partial charge is 0.401 e. The lowest BCUT2D eigenvalue weighted by Gasteiger charge is -2.34. The number of alkyl halides is 3. The van der Waals surface area contributed by atoms with Gasteiger partial charge in [-0.05, 0) is 24.0 Å². The highest BCUT2D eigenvalue weighted by molar-refractivity contribution is 5.93. The molecule has 2 aromatic heterocycles. The van der Waals surface area contributed by atoms with Gasteiger partial charge in [0.25, 0.3) is 6.01 Å². The number of Topliss-reactive ketones (excluding diaryl/α,β-unsaturated/α-hetero) is 1. The summed E-state index contributed by atoms with van der Waals surface area (Å²) in [5.74, 6) is 0.187. The molecule has 31 heavy (non-hydrogen) atoms. The monoisotopic (exact) mass is 434 g/mol. The number of rotatable bonds is 7. The lowest BCUT2D eigenvalue weighted by molar-refractivity contribution is -0.146. The molecule has 3 heterocycles. The summed E-state index contributed by atoms with van der Waals surface area (Å²) in [6, 6.07) is 8.35. The number of hydrogen-bond acceptors (Lipinski definition) is 5. The van der Waals surface area contributed by atoms with Gasteiger partial charge in [-0.1, -0.05) is 25.1 Å². The van der Waals surface area contributed by atoms with Crippen LogP contribution in [0, 0.1) is 5.92 Å². The van der Waals surface area contributed by atoms with Crippen LogP contribution in [0.25, 0.3) is 10.9 Å². The maximum Gasteiger partial charge on any atom is 0.401 e. The summed E-state index contributed by atoms with van der Waals surface area (Å²) in [7, 11) is 0. The minimum absolute atomic E-state index is 0.117. The molecule has 1 fully saturated rings. The van der Waals surface area contributed by atoms with E-state index in [1.807, 2.05) is 31.3 Å². The first kappa shape index (κ1) is 21.4. The highest BCUT2D eigenvalue weighted by atomic mass is 19.4. The summed E-state index contributed by atoms with van der Waals surface area (Å²) in [6.45, 7) is 2.41. The number of fused-ring (bicyclic) bond motifs is 1. The molecule has 3 aromatic rings. The minimum atomic E-state index is -4.20. The third-order valence-electron chi connectivity index (χ3n) is 5.59. The van der Waals surface area contributed by atoms with Gasteiger partial charge in [-0.15, -0.1) is 0 Å². The molecule has 0 aliphatic carbocycles. The van der Waals surface area contributed by atoms with Crippen LogP contribution in [0.2, 0.25) is 0 Å². The van der Waals surface area contributed by atoms with Gasteiger partial charge >= 0.3 is 6.18 Å². The van der Waals surface area contributed by atoms with Crippen LogP contribution in [0.3, 0.4) is 0 Å².